The van der Waals surface area contributed by atoms with Crippen LogP contribution in [-0.2, 0) is 0 Å². The van der Waals surface area contributed by atoms with Crippen LogP contribution < -0.4 is 16.7 Å². The van der Waals surface area contributed by atoms with Crippen molar-refractivity contribution in [2.45, 2.75) is 6.92 Å². The minimum atomic E-state index is -0.380. The van der Waals surface area contributed by atoms with E-state index in [1.807, 2.05) is 0 Å². The van der Waals surface area contributed by atoms with E-state index in [4.69, 9.17) is 11.1 Å². The molecule has 64 valence electrons. The number of aromatic amines is 1. The standard InChI is InChI=1S/C7H9N3O2/c1-3-2-4(11)10-7(12)5(3)6(8)9/h2H,1H3,(H3,8,9)(H2,10,11,12)/p+1. The van der Waals surface area contributed by atoms with Crippen LogP contribution in [0, 0.1) is 6.92 Å². The van der Waals surface area contributed by atoms with Crippen molar-refractivity contribution in [1.29, 1.82) is 0 Å². The van der Waals surface area contributed by atoms with E-state index >= 15 is 0 Å². The van der Waals surface area contributed by atoms with Crippen LogP contribution in [0.25, 0.3) is 0 Å². The van der Waals surface area contributed by atoms with Gasteiger partial charge in [-0.3, -0.25) is 20.9 Å². The van der Waals surface area contributed by atoms with Gasteiger partial charge in [0.2, 0.25) is 5.88 Å². The summed E-state index contributed by atoms with van der Waals surface area (Å²) in [4.78, 5) is 13.0. The summed E-state index contributed by atoms with van der Waals surface area (Å²) in [6, 6.07) is 1.31. The van der Waals surface area contributed by atoms with Crippen LogP contribution >= 0.6 is 0 Å². The molecule has 0 aliphatic carbocycles. The summed E-state index contributed by atoms with van der Waals surface area (Å²) in [7, 11) is 0. The lowest BCUT2D eigenvalue weighted by Gasteiger charge is -2.00. The Morgan fingerprint density at radius 1 is 1.75 bits per heavy atom. The molecule has 1 aromatic heterocycles. The van der Waals surface area contributed by atoms with E-state index in [2.05, 4.69) is 4.98 Å². The van der Waals surface area contributed by atoms with Gasteiger partial charge in [0, 0.05) is 6.07 Å². The van der Waals surface area contributed by atoms with Crippen LogP contribution in [0.5, 0.6) is 5.88 Å². The molecule has 0 atom stereocenters. The first-order valence-electron chi connectivity index (χ1n) is 3.33. The van der Waals surface area contributed by atoms with E-state index in [-0.39, 0.29) is 22.8 Å². The Kier molecular flexibility index (Phi) is 1.86. The third-order valence-electron chi connectivity index (χ3n) is 1.51. The number of aromatic nitrogens is 1. The van der Waals surface area contributed by atoms with Crippen LogP contribution in [0.3, 0.4) is 0 Å². The predicted octanol–water partition coefficient (Wildman–Crippen LogP) is -2.15. The van der Waals surface area contributed by atoms with Crippen molar-refractivity contribution >= 4 is 5.84 Å². The number of hydrogen-bond donors (Lipinski definition) is 4. The van der Waals surface area contributed by atoms with Crippen molar-refractivity contribution in [3.8, 4) is 5.88 Å². The number of pyridine rings is 1. The molecule has 0 fully saturated rings. The second-order valence-electron chi connectivity index (χ2n) is 2.50. The molecule has 12 heavy (non-hydrogen) atoms. The quantitative estimate of drug-likeness (QED) is 0.284. The highest BCUT2D eigenvalue weighted by molar-refractivity contribution is 5.96. The van der Waals surface area contributed by atoms with Gasteiger partial charge < -0.3 is 5.11 Å². The van der Waals surface area contributed by atoms with Gasteiger partial charge in [-0.15, -0.1) is 0 Å². The molecule has 1 rings (SSSR count). The minimum Gasteiger partial charge on any atom is -0.494 e. The Morgan fingerprint density at radius 2 is 2.33 bits per heavy atom. The fourth-order valence-corrected chi connectivity index (χ4v) is 1.04. The van der Waals surface area contributed by atoms with Crippen molar-refractivity contribution in [2.75, 3.05) is 0 Å². The Balaban J connectivity index is 3.48. The van der Waals surface area contributed by atoms with Gasteiger partial charge in [0.1, 0.15) is 5.56 Å². The fourth-order valence-electron chi connectivity index (χ4n) is 1.04. The number of H-pyrrole nitrogens is 1. The van der Waals surface area contributed by atoms with Gasteiger partial charge in [0.05, 0.1) is 0 Å². The smallest absolute Gasteiger partial charge is 0.276 e. The highest BCUT2D eigenvalue weighted by atomic mass is 16.3. The number of aromatic hydroxyl groups is 1. The van der Waals surface area contributed by atoms with E-state index < -0.39 is 0 Å². The molecular weight excluding hydrogens is 158 g/mol. The van der Waals surface area contributed by atoms with Gasteiger partial charge in [-0.2, -0.15) is 0 Å². The number of hydrogen-bond acceptors (Lipinski definition) is 2. The van der Waals surface area contributed by atoms with E-state index in [0.29, 0.717) is 5.56 Å². The number of nitrogens with one attached hydrogen (secondary N) is 1. The lowest BCUT2D eigenvalue weighted by molar-refractivity contribution is -0.114. The molecule has 1 heterocycles. The molecule has 1 aromatic rings. The SMILES string of the molecule is Cc1cc(=O)[nH]c(O)c1C(N)=[NH2+]. The molecule has 0 unspecified atom stereocenters. The first-order chi connectivity index (χ1) is 5.52. The first kappa shape index (κ1) is 8.32. The predicted molar refractivity (Wildman–Crippen MR) is 43.7 cm³/mol. The largest absolute Gasteiger partial charge is 0.494 e. The average molecular weight is 168 g/mol. The zero-order valence-corrected chi connectivity index (χ0v) is 6.59. The maximum atomic E-state index is 10.8. The van der Waals surface area contributed by atoms with Crippen molar-refractivity contribution in [1.82, 2.24) is 4.98 Å². The lowest BCUT2D eigenvalue weighted by atomic mass is 10.1. The summed E-state index contributed by atoms with van der Waals surface area (Å²) >= 11 is 0. The van der Waals surface area contributed by atoms with E-state index in [9.17, 15) is 9.90 Å². The molecule has 5 heteroatoms. The average Bonchev–Trinajstić information content (AvgIpc) is 1.82. The number of aryl methyl sites for hydroxylation is 1. The van der Waals surface area contributed by atoms with Crippen molar-refractivity contribution < 1.29 is 10.5 Å². The minimum absolute atomic E-state index is 0.0127. The summed E-state index contributed by atoms with van der Waals surface area (Å²) in [6.07, 6.45) is 0. The monoisotopic (exact) mass is 168 g/mol. The molecule has 0 saturated carbocycles. The van der Waals surface area contributed by atoms with Gasteiger partial charge in [-0.05, 0) is 12.5 Å². The normalized spacial score (nSPS) is 9.75. The second-order valence-corrected chi connectivity index (χ2v) is 2.50. The first-order valence-corrected chi connectivity index (χ1v) is 3.33. The second kappa shape index (κ2) is 2.69. The van der Waals surface area contributed by atoms with Gasteiger partial charge in [0.25, 0.3) is 11.4 Å². The molecular formula is C7H10N3O2+. The zero-order valence-electron chi connectivity index (χ0n) is 6.59. The third-order valence-corrected chi connectivity index (χ3v) is 1.51. The van der Waals surface area contributed by atoms with Crippen molar-refractivity contribution in [3.63, 3.8) is 0 Å². The Morgan fingerprint density at radius 3 is 2.75 bits per heavy atom. The van der Waals surface area contributed by atoms with Gasteiger partial charge in [-0.25, -0.2) is 0 Å². The molecule has 0 aliphatic rings. The summed E-state index contributed by atoms with van der Waals surface area (Å²) < 4.78 is 0. The number of rotatable bonds is 1. The number of nitrogens with two attached hydrogens (primary N) is 2. The fraction of sp³-hybridized carbons (Fsp3) is 0.143. The number of amidine groups is 1. The lowest BCUT2D eigenvalue weighted by Crippen LogP contribution is -2.46. The van der Waals surface area contributed by atoms with E-state index in [0.717, 1.165) is 0 Å². The third kappa shape index (κ3) is 1.29. The highest BCUT2D eigenvalue weighted by Gasteiger charge is 2.12. The topological polar surface area (TPSA) is 105 Å². The summed E-state index contributed by atoms with van der Waals surface area (Å²) in [5.41, 5.74) is 5.74. The molecule has 0 bridgehead atoms. The summed E-state index contributed by atoms with van der Waals surface area (Å²) in [5, 5.41) is 14.5. The highest BCUT2D eigenvalue weighted by Crippen LogP contribution is 2.12. The van der Waals surface area contributed by atoms with Crippen molar-refractivity contribution in [3.05, 3.63) is 27.5 Å². The molecule has 0 amide bonds. The summed E-state index contributed by atoms with van der Waals surface area (Å²) in [6.45, 7) is 1.64. The molecule has 0 radical (unpaired) electrons. The Hall–Kier alpha value is -1.78. The van der Waals surface area contributed by atoms with Crippen LogP contribution in [0.1, 0.15) is 11.1 Å². The molecule has 0 saturated heterocycles. The van der Waals surface area contributed by atoms with Crippen LogP contribution in [-0.4, -0.2) is 15.9 Å². The molecule has 5 nitrogen and oxygen atoms in total. The Bertz CT molecular complexity index is 354. The van der Waals surface area contributed by atoms with Crippen molar-refractivity contribution in [2.24, 2.45) is 5.73 Å². The van der Waals surface area contributed by atoms with E-state index in [1.165, 1.54) is 6.07 Å². The van der Waals surface area contributed by atoms with Gasteiger partial charge in [0.15, 0.2) is 0 Å². The van der Waals surface area contributed by atoms with Crippen LogP contribution in [0.4, 0.5) is 0 Å². The van der Waals surface area contributed by atoms with Gasteiger partial charge >= 0.3 is 0 Å². The molecule has 0 spiro atoms. The maximum Gasteiger partial charge on any atom is 0.276 e. The Labute approximate surface area is 68.4 Å². The van der Waals surface area contributed by atoms with E-state index in [1.54, 1.807) is 6.92 Å². The summed E-state index contributed by atoms with van der Waals surface area (Å²) in [5.74, 6) is -0.304. The maximum absolute atomic E-state index is 10.8. The van der Waals surface area contributed by atoms with Crippen LogP contribution in [0.2, 0.25) is 0 Å². The van der Waals surface area contributed by atoms with Crippen LogP contribution in [0.15, 0.2) is 10.9 Å². The zero-order chi connectivity index (χ0) is 9.30. The van der Waals surface area contributed by atoms with Gasteiger partial charge in [-0.1, -0.05) is 0 Å². The molecule has 6 N–H and O–H groups in total. The molecule has 0 aliphatic heterocycles. The molecule has 0 aromatic carbocycles.